The maximum atomic E-state index is 14.6. The van der Waals surface area contributed by atoms with Crippen molar-refractivity contribution in [2.45, 2.75) is 49.9 Å². The molecule has 2 heterocycles. The van der Waals surface area contributed by atoms with E-state index in [1.807, 2.05) is 35.2 Å². The summed E-state index contributed by atoms with van der Waals surface area (Å²) in [6.45, 7) is 1.66. The van der Waals surface area contributed by atoms with Crippen LogP contribution in [0.1, 0.15) is 41.6 Å². The molecule has 2 aromatic rings. The summed E-state index contributed by atoms with van der Waals surface area (Å²) in [6.07, 6.45) is 4.86. The zero-order valence-electron chi connectivity index (χ0n) is 16.2. The van der Waals surface area contributed by atoms with Gasteiger partial charge in [-0.1, -0.05) is 42.3 Å². The van der Waals surface area contributed by atoms with Gasteiger partial charge in [-0.3, -0.25) is 15.0 Å². The second-order valence-corrected chi connectivity index (χ2v) is 8.83. The summed E-state index contributed by atoms with van der Waals surface area (Å²) in [5, 5.41) is 0.311. The Morgan fingerprint density at radius 3 is 2.48 bits per heavy atom. The number of hydrogen-bond donors (Lipinski definition) is 2. The van der Waals surface area contributed by atoms with Gasteiger partial charge in [-0.05, 0) is 61.4 Å². The Morgan fingerprint density at radius 1 is 1.14 bits per heavy atom. The number of aryl methyl sites for hydroxylation is 1. The van der Waals surface area contributed by atoms with Gasteiger partial charge in [0.05, 0.1) is 5.56 Å². The third-order valence-electron chi connectivity index (χ3n) is 5.86. The van der Waals surface area contributed by atoms with Crippen LogP contribution in [0.25, 0.3) is 11.1 Å². The molecule has 0 spiro atoms. The topological polar surface area (TPSA) is 61.4 Å². The average molecular weight is 414 g/mol. The fraction of sp³-hybridized carbons (Fsp3) is 0.364. The number of fused-ring (bicyclic) bond motifs is 2. The largest absolute Gasteiger partial charge is 0.339 e. The molecule has 2 amide bonds. The smallest absolute Gasteiger partial charge is 0.269 e. The van der Waals surface area contributed by atoms with Crippen LogP contribution in [0.15, 0.2) is 42.5 Å². The number of rotatable bonds is 6. The molecule has 2 aromatic carbocycles. The number of nitrogens with one attached hydrogen (secondary N) is 2. The summed E-state index contributed by atoms with van der Waals surface area (Å²) in [5.41, 5.74) is 4.81. The molecule has 2 saturated heterocycles. The van der Waals surface area contributed by atoms with Gasteiger partial charge in [0.25, 0.3) is 5.91 Å². The van der Waals surface area contributed by atoms with E-state index in [0.29, 0.717) is 22.9 Å². The third-order valence-corrected chi connectivity index (χ3v) is 6.80. The molecule has 2 aliphatic rings. The Bertz CT molecular complexity index is 894. The number of piperidine rings is 1. The summed E-state index contributed by atoms with van der Waals surface area (Å²) in [7, 11) is 0. The zero-order valence-corrected chi connectivity index (χ0v) is 17.0. The molecule has 0 aliphatic carbocycles. The Kier molecular flexibility index (Phi) is 5.87. The molecule has 2 N–H and O–H groups in total. The highest BCUT2D eigenvalue weighted by Crippen LogP contribution is 2.38. The SMILES string of the molecule is Cc1cc(-c2ccccc2)cc(C(=O)NNSC2CC3CCC(C2)N3C=O)c1F. The Morgan fingerprint density at radius 2 is 1.83 bits per heavy atom. The van der Waals surface area contributed by atoms with Crippen LogP contribution in [0, 0.1) is 12.7 Å². The molecule has 4 rings (SSSR count). The number of hydrogen-bond acceptors (Lipinski definition) is 4. The average Bonchev–Trinajstić information content (AvgIpc) is 2.99. The number of nitrogens with zero attached hydrogens (tertiary/aromatic N) is 1. The zero-order chi connectivity index (χ0) is 20.4. The summed E-state index contributed by atoms with van der Waals surface area (Å²) >= 11 is 1.44. The lowest BCUT2D eigenvalue weighted by Crippen LogP contribution is -2.44. The fourth-order valence-corrected chi connectivity index (χ4v) is 5.35. The minimum atomic E-state index is -0.508. The van der Waals surface area contributed by atoms with Crippen molar-refractivity contribution in [1.29, 1.82) is 0 Å². The van der Waals surface area contributed by atoms with Gasteiger partial charge in [-0.25, -0.2) is 4.39 Å². The number of benzene rings is 2. The van der Waals surface area contributed by atoms with Gasteiger partial charge in [0, 0.05) is 17.3 Å². The van der Waals surface area contributed by atoms with Crippen molar-refractivity contribution in [3.63, 3.8) is 0 Å². The van der Waals surface area contributed by atoms with Crippen LogP contribution >= 0.6 is 11.9 Å². The molecule has 0 radical (unpaired) electrons. The second-order valence-electron chi connectivity index (χ2n) is 7.73. The first-order valence-corrected chi connectivity index (χ1v) is 10.7. The van der Waals surface area contributed by atoms with Crippen molar-refractivity contribution in [2.24, 2.45) is 0 Å². The highest BCUT2D eigenvalue weighted by atomic mass is 32.2. The summed E-state index contributed by atoms with van der Waals surface area (Å²) in [5.74, 6) is -1.00. The molecule has 0 aromatic heterocycles. The molecule has 2 aliphatic heterocycles. The van der Waals surface area contributed by atoms with Gasteiger partial charge in [0.1, 0.15) is 5.82 Å². The van der Waals surface area contributed by atoms with Gasteiger partial charge in [-0.2, -0.15) is 4.83 Å². The normalized spacial score (nSPS) is 23.1. The maximum Gasteiger partial charge on any atom is 0.269 e. The Balaban J connectivity index is 1.39. The molecule has 2 fully saturated rings. The molecular formula is C22H24FN3O2S. The fourth-order valence-electron chi connectivity index (χ4n) is 4.39. The monoisotopic (exact) mass is 413 g/mol. The second kappa shape index (κ2) is 8.55. The summed E-state index contributed by atoms with van der Waals surface area (Å²) in [6, 6.07) is 13.5. The molecule has 5 nitrogen and oxygen atoms in total. The summed E-state index contributed by atoms with van der Waals surface area (Å²) in [4.78, 5) is 28.6. The van der Waals surface area contributed by atoms with E-state index in [1.54, 1.807) is 19.1 Å². The number of amides is 2. The van der Waals surface area contributed by atoms with Gasteiger partial charge in [0.15, 0.2) is 0 Å². The number of halogens is 1. The third kappa shape index (κ3) is 4.16. The summed E-state index contributed by atoms with van der Waals surface area (Å²) < 4.78 is 14.6. The molecule has 2 bridgehead atoms. The minimum Gasteiger partial charge on any atom is -0.339 e. The van der Waals surface area contributed by atoms with Crippen LogP contribution in [0.5, 0.6) is 0 Å². The molecular weight excluding hydrogens is 389 g/mol. The Labute approximate surface area is 174 Å². The van der Waals surface area contributed by atoms with Crippen molar-refractivity contribution in [1.82, 2.24) is 15.2 Å². The molecule has 2 unspecified atom stereocenters. The van der Waals surface area contributed by atoms with Crippen LogP contribution in [0.3, 0.4) is 0 Å². The number of carbonyl (C=O) groups is 2. The first kappa shape index (κ1) is 19.9. The van der Waals surface area contributed by atoms with Gasteiger partial charge >= 0.3 is 0 Å². The van der Waals surface area contributed by atoms with Crippen LogP contribution in [0.4, 0.5) is 4.39 Å². The molecule has 2 atom stereocenters. The quantitative estimate of drug-likeness (QED) is 0.429. The number of hydrazine groups is 1. The van der Waals surface area contributed by atoms with E-state index >= 15 is 0 Å². The lowest BCUT2D eigenvalue weighted by Gasteiger charge is -2.35. The van der Waals surface area contributed by atoms with Gasteiger partial charge in [0.2, 0.25) is 6.41 Å². The van der Waals surface area contributed by atoms with Gasteiger partial charge in [-0.15, -0.1) is 0 Å². The van der Waals surface area contributed by atoms with E-state index in [2.05, 4.69) is 10.3 Å². The highest BCUT2D eigenvalue weighted by Gasteiger charge is 2.40. The van der Waals surface area contributed by atoms with Crippen molar-refractivity contribution >= 4 is 24.3 Å². The van der Waals surface area contributed by atoms with E-state index in [1.165, 1.54) is 11.9 Å². The van der Waals surface area contributed by atoms with Crippen LogP contribution < -0.4 is 10.3 Å². The minimum absolute atomic E-state index is 0.0211. The van der Waals surface area contributed by atoms with Crippen LogP contribution in [-0.4, -0.2) is 34.6 Å². The maximum absolute atomic E-state index is 14.6. The highest BCUT2D eigenvalue weighted by molar-refractivity contribution is 7.98. The van der Waals surface area contributed by atoms with Crippen molar-refractivity contribution in [3.8, 4) is 11.1 Å². The van der Waals surface area contributed by atoms with Crippen LogP contribution in [0.2, 0.25) is 0 Å². The lowest BCUT2D eigenvalue weighted by atomic mass is 9.99. The molecule has 0 saturated carbocycles. The first-order valence-electron chi connectivity index (χ1n) is 9.86. The molecule has 7 heteroatoms. The predicted octanol–water partition coefficient (Wildman–Crippen LogP) is 3.84. The van der Waals surface area contributed by atoms with E-state index in [0.717, 1.165) is 43.2 Å². The number of carbonyl (C=O) groups excluding carboxylic acids is 2. The van der Waals surface area contributed by atoms with Crippen molar-refractivity contribution in [3.05, 3.63) is 59.4 Å². The Hall–Kier alpha value is -2.38. The van der Waals surface area contributed by atoms with E-state index < -0.39 is 11.7 Å². The lowest BCUT2D eigenvalue weighted by molar-refractivity contribution is -0.121. The van der Waals surface area contributed by atoms with E-state index in [-0.39, 0.29) is 5.56 Å². The van der Waals surface area contributed by atoms with Crippen LogP contribution in [-0.2, 0) is 4.79 Å². The first-order chi connectivity index (χ1) is 14.1. The van der Waals surface area contributed by atoms with E-state index in [9.17, 15) is 14.0 Å². The standard InChI is InChI=1S/C22H24FN3O2S/c1-14-9-16(15-5-3-2-4-6-15)10-20(21(14)23)22(28)24-25-29-19-11-17-7-8-18(12-19)26(17)13-27/h2-6,9-10,13,17-19,25H,7-8,11-12H2,1H3,(H,24,28). The van der Waals surface area contributed by atoms with Gasteiger partial charge < -0.3 is 4.90 Å². The predicted molar refractivity (Wildman–Crippen MR) is 113 cm³/mol. The van der Waals surface area contributed by atoms with Crippen molar-refractivity contribution in [2.75, 3.05) is 0 Å². The van der Waals surface area contributed by atoms with E-state index in [4.69, 9.17) is 0 Å². The van der Waals surface area contributed by atoms with Crippen molar-refractivity contribution < 1.29 is 14.0 Å². The molecule has 152 valence electrons. The molecule has 29 heavy (non-hydrogen) atoms.